The first kappa shape index (κ1) is 16.2. The topological polar surface area (TPSA) is 58.2 Å². The Labute approximate surface area is 121 Å². The Bertz CT molecular complexity index is 427. The molecule has 0 fully saturated rings. The van der Waals surface area contributed by atoms with Gasteiger partial charge in [0.2, 0.25) is 0 Å². The average molecular weight is 276 g/mol. The number of urea groups is 1. The minimum Gasteiger partial charge on any atom is -0.338 e. The lowest BCUT2D eigenvalue weighted by Crippen LogP contribution is -2.37. The number of hydrogen-bond acceptors (Lipinski definition) is 2. The van der Waals surface area contributed by atoms with Crippen LogP contribution >= 0.6 is 0 Å². The number of rotatable bonds is 8. The first-order valence-corrected chi connectivity index (χ1v) is 7.25. The molecule has 4 heteroatoms. The third-order valence-corrected chi connectivity index (χ3v) is 3.08. The highest BCUT2D eigenvalue weighted by Gasteiger charge is 2.06. The van der Waals surface area contributed by atoms with Crippen molar-refractivity contribution in [2.24, 2.45) is 0 Å². The van der Waals surface area contributed by atoms with Gasteiger partial charge in [0.1, 0.15) is 0 Å². The molecular formula is C16H24N2O2. The molecule has 0 radical (unpaired) electrons. The summed E-state index contributed by atoms with van der Waals surface area (Å²) in [5, 5.41) is 5.48. The van der Waals surface area contributed by atoms with Gasteiger partial charge in [-0.25, -0.2) is 4.79 Å². The average Bonchev–Trinajstić information content (AvgIpc) is 2.44. The van der Waals surface area contributed by atoms with E-state index in [0.29, 0.717) is 25.1 Å². The highest BCUT2D eigenvalue weighted by atomic mass is 16.2. The number of ketones is 1. The molecule has 1 aromatic carbocycles. The van der Waals surface area contributed by atoms with E-state index in [2.05, 4.69) is 17.6 Å². The fraction of sp³-hybridized carbons (Fsp3) is 0.500. The predicted molar refractivity (Wildman–Crippen MR) is 81.1 cm³/mol. The number of carbonyl (C=O) groups is 2. The van der Waals surface area contributed by atoms with Crippen LogP contribution < -0.4 is 10.6 Å². The maximum Gasteiger partial charge on any atom is 0.314 e. The third-order valence-electron chi connectivity index (χ3n) is 3.08. The smallest absolute Gasteiger partial charge is 0.314 e. The van der Waals surface area contributed by atoms with E-state index in [4.69, 9.17) is 0 Å². The highest BCUT2D eigenvalue weighted by molar-refractivity contribution is 5.96. The van der Waals surface area contributed by atoms with E-state index in [0.717, 1.165) is 24.8 Å². The molecular weight excluding hydrogens is 252 g/mol. The van der Waals surface area contributed by atoms with Crippen LogP contribution in [0.15, 0.2) is 24.3 Å². The second kappa shape index (κ2) is 9.13. The number of hydrogen-bond donors (Lipinski definition) is 2. The highest BCUT2D eigenvalue weighted by Crippen LogP contribution is 2.05. The molecule has 2 N–H and O–H groups in total. The van der Waals surface area contributed by atoms with Crippen molar-refractivity contribution in [2.45, 2.75) is 39.5 Å². The molecule has 0 aliphatic rings. The monoisotopic (exact) mass is 276 g/mol. The number of benzene rings is 1. The van der Waals surface area contributed by atoms with Gasteiger partial charge >= 0.3 is 6.03 Å². The second-order valence-corrected chi connectivity index (χ2v) is 4.93. The lowest BCUT2D eigenvalue weighted by Gasteiger charge is -2.07. The van der Waals surface area contributed by atoms with Crippen LogP contribution in [0.4, 0.5) is 4.79 Å². The van der Waals surface area contributed by atoms with Gasteiger partial charge in [0.05, 0.1) is 0 Å². The van der Waals surface area contributed by atoms with Crippen LogP contribution in [-0.4, -0.2) is 24.9 Å². The van der Waals surface area contributed by atoms with Crippen molar-refractivity contribution in [3.8, 4) is 0 Å². The van der Waals surface area contributed by atoms with Gasteiger partial charge in [-0.15, -0.1) is 0 Å². The molecule has 4 nitrogen and oxygen atoms in total. The van der Waals surface area contributed by atoms with E-state index in [-0.39, 0.29) is 11.8 Å². The van der Waals surface area contributed by atoms with Crippen LogP contribution in [0.2, 0.25) is 0 Å². The second-order valence-electron chi connectivity index (χ2n) is 4.93. The standard InChI is InChI=1S/C16H24N2O2/c1-3-4-5-11-17-16(20)18-12-10-15(19)14-8-6-13(2)7-9-14/h6-9H,3-5,10-12H2,1-2H3,(H2,17,18,20). The Morgan fingerprint density at radius 2 is 1.65 bits per heavy atom. The van der Waals surface area contributed by atoms with Crippen molar-refractivity contribution in [3.05, 3.63) is 35.4 Å². The lowest BCUT2D eigenvalue weighted by atomic mass is 10.1. The van der Waals surface area contributed by atoms with Crippen molar-refractivity contribution < 1.29 is 9.59 Å². The summed E-state index contributed by atoms with van der Waals surface area (Å²) in [6.45, 7) is 5.16. The van der Waals surface area contributed by atoms with E-state index >= 15 is 0 Å². The Kier molecular flexibility index (Phi) is 7.40. The van der Waals surface area contributed by atoms with E-state index in [1.54, 1.807) is 0 Å². The summed E-state index contributed by atoms with van der Waals surface area (Å²) >= 11 is 0. The maximum atomic E-state index is 11.9. The van der Waals surface area contributed by atoms with Crippen LogP contribution in [0.5, 0.6) is 0 Å². The van der Waals surface area contributed by atoms with Gasteiger partial charge in [-0.1, -0.05) is 49.6 Å². The summed E-state index contributed by atoms with van der Waals surface area (Å²) in [4.78, 5) is 23.3. The molecule has 0 spiro atoms. The molecule has 0 saturated heterocycles. The summed E-state index contributed by atoms with van der Waals surface area (Å²) in [7, 11) is 0. The molecule has 2 amide bonds. The normalized spacial score (nSPS) is 10.1. The molecule has 1 rings (SSSR count). The zero-order valence-corrected chi connectivity index (χ0v) is 12.4. The van der Waals surface area contributed by atoms with Gasteiger partial charge in [-0.05, 0) is 13.3 Å². The molecule has 0 saturated carbocycles. The Morgan fingerprint density at radius 1 is 1.00 bits per heavy atom. The summed E-state index contributed by atoms with van der Waals surface area (Å²) in [6.07, 6.45) is 3.57. The van der Waals surface area contributed by atoms with Crippen LogP contribution in [0.1, 0.15) is 48.5 Å². The van der Waals surface area contributed by atoms with Gasteiger partial charge < -0.3 is 10.6 Å². The zero-order chi connectivity index (χ0) is 14.8. The Hall–Kier alpha value is -1.84. The number of Topliss-reactive ketones (excluding diaryl/α,β-unsaturated/α-hetero) is 1. The van der Waals surface area contributed by atoms with Crippen molar-refractivity contribution >= 4 is 11.8 Å². The van der Waals surface area contributed by atoms with Gasteiger partial charge in [0.25, 0.3) is 0 Å². The first-order valence-electron chi connectivity index (χ1n) is 7.25. The molecule has 0 heterocycles. The summed E-state index contributed by atoms with van der Waals surface area (Å²) in [5.41, 5.74) is 1.83. The number of unbranched alkanes of at least 4 members (excludes halogenated alkanes) is 2. The summed E-state index contributed by atoms with van der Waals surface area (Å²) in [6, 6.07) is 7.28. The summed E-state index contributed by atoms with van der Waals surface area (Å²) in [5.74, 6) is 0.0521. The van der Waals surface area contributed by atoms with Crippen LogP contribution in [0, 0.1) is 6.92 Å². The van der Waals surface area contributed by atoms with Crippen LogP contribution in [-0.2, 0) is 0 Å². The fourth-order valence-electron chi connectivity index (χ4n) is 1.81. The van der Waals surface area contributed by atoms with E-state index in [1.807, 2.05) is 31.2 Å². The third kappa shape index (κ3) is 6.36. The number of nitrogens with one attached hydrogen (secondary N) is 2. The minimum absolute atomic E-state index is 0.0521. The molecule has 0 aliphatic carbocycles. The first-order chi connectivity index (χ1) is 9.63. The molecule has 1 aromatic rings. The molecule has 0 unspecified atom stereocenters. The quantitative estimate of drug-likeness (QED) is 0.566. The van der Waals surface area contributed by atoms with E-state index in [9.17, 15) is 9.59 Å². The fourth-order valence-corrected chi connectivity index (χ4v) is 1.81. The van der Waals surface area contributed by atoms with Crippen LogP contribution in [0.25, 0.3) is 0 Å². The predicted octanol–water partition coefficient (Wildman–Crippen LogP) is 3.06. The van der Waals surface area contributed by atoms with Crippen molar-refractivity contribution in [1.82, 2.24) is 10.6 Å². The van der Waals surface area contributed by atoms with Gasteiger partial charge in [-0.2, -0.15) is 0 Å². The molecule has 0 aromatic heterocycles. The van der Waals surface area contributed by atoms with Crippen LogP contribution in [0.3, 0.4) is 0 Å². The van der Waals surface area contributed by atoms with Gasteiger partial charge in [0.15, 0.2) is 5.78 Å². The molecule has 0 aliphatic heterocycles. The Balaban J connectivity index is 2.18. The molecule has 20 heavy (non-hydrogen) atoms. The largest absolute Gasteiger partial charge is 0.338 e. The lowest BCUT2D eigenvalue weighted by molar-refractivity contribution is 0.0983. The van der Waals surface area contributed by atoms with Crippen molar-refractivity contribution in [1.29, 1.82) is 0 Å². The maximum absolute atomic E-state index is 11.9. The number of amides is 2. The van der Waals surface area contributed by atoms with E-state index in [1.165, 1.54) is 0 Å². The van der Waals surface area contributed by atoms with E-state index < -0.39 is 0 Å². The minimum atomic E-state index is -0.196. The SMILES string of the molecule is CCCCCNC(=O)NCCC(=O)c1ccc(C)cc1. The molecule has 0 bridgehead atoms. The number of carbonyl (C=O) groups excluding carboxylic acids is 2. The zero-order valence-electron chi connectivity index (χ0n) is 12.4. The van der Waals surface area contributed by atoms with Gasteiger partial charge in [-0.3, -0.25) is 4.79 Å². The molecule has 110 valence electrons. The van der Waals surface area contributed by atoms with Crippen molar-refractivity contribution in [2.75, 3.05) is 13.1 Å². The Morgan fingerprint density at radius 3 is 2.30 bits per heavy atom. The summed E-state index contributed by atoms with van der Waals surface area (Å²) < 4.78 is 0. The number of aryl methyl sites for hydroxylation is 1. The van der Waals surface area contributed by atoms with Gasteiger partial charge in [0, 0.05) is 25.1 Å². The molecule has 0 atom stereocenters. The van der Waals surface area contributed by atoms with Crippen molar-refractivity contribution in [3.63, 3.8) is 0 Å².